The third kappa shape index (κ3) is 2.60. The summed E-state index contributed by atoms with van der Waals surface area (Å²) in [5.74, 6) is 0.429. The van der Waals surface area contributed by atoms with Crippen LogP contribution in [0.25, 0.3) is 10.1 Å². The minimum absolute atomic E-state index is 0.272. The summed E-state index contributed by atoms with van der Waals surface area (Å²) in [4.78, 5) is 0.998. The normalized spacial score (nSPS) is 12.0. The van der Waals surface area contributed by atoms with Gasteiger partial charge in [0.1, 0.15) is 10.7 Å². The molecular formula is C14H14ClN3O2S2. The molecular weight excluding hydrogens is 342 g/mol. The fourth-order valence-corrected chi connectivity index (χ4v) is 5.43. The molecule has 0 bridgehead atoms. The molecule has 3 aromatic rings. The second kappa shape index (κ2) is 5.26. The molecule has 5 nitrogen and oxygen atoms in total. The van der Waals surface area contributed by atoms with Crippen molar-refractivity contribution in [3.63, 3.8) is 0 Å². The maximum Gasteiger partial charge on any atom is 0.264 e. The first kappa shape index (κ1) is 15.3. The molecule has 0 aliphatic carbocycles. The molecule has 0 unspecified atom stereocenters. The highest BCUT2D eigenvalue weighted by molar-refractivity contribution is 7.93. The summed E-state index contributed by atoms with van der Waals surface area (Å²) in [6, 6.07) is 6.97. The molecule has 8 heteroatoms. The summed E-state index contributed by atoms with van der Waals surface area (Å²) in [5, 5.41) is 5.30. The number of nitrogens with zero attached hydrogens (tertiary/aromatic N) is 2. The van der Waals surface area contributed by atoms with Crippen molar-refractivity contribution in [1.82, 2.24) is 9.78 Å². The molecule has 0 fully saturated rings. The number of sulfonamides is 1. The van der Waals surface area contributed by atoms with E-state index < -0.39 is 10.0 Å². The van der Waals surface area contributed by atoms with Crippen LogP contribution in [0, 0.1) is 13.8 Å². The summed E-state index contributed by atoms with van der Waals surface area (Å²) in [6.45, 7) is 3.60. The van der Waals surface area contributed by atoms with E-state index >= 15 is 0 Å². The van der Waals surface area contributed by atoms with E-state index in [4.69, 9.17) is 11.6 Å². The van der Waals surface area contributed by atoms with Crippen molar-refractivity contribution in [2.24, 2.45) is 7.05 Å². The van der Waals surface area contributed by atoms with Gasteiger partial charge in [-0.15, -0.1) is 11.3 Å². The van der Waals surface area contributed by atoms with Crippen LogP contribution >= 0.6 is 22.9 Å². The van der Waals surface area contributed by atoms with Crippen LogP contribution in [-0.2, 0) is 17.1 Å². The van der Waals surface area contributed by atoms with Gasteiger partial charge in [0.25, 0.3) is 10.0 Å². The van der Waals surface area contributed by atoms with Crippen molar-refractivity contribution < 1.29 is 8.42 Å². The molecule has 0 atom stereocenters. The third-order valence-electron chi connectivity index (χ3n) is 3.28. The molecule has 1 aromatic carbocycles. The quantitative estimate of drug-likeness (QED) is 0.779. The van der Waals surface area contributed by atoms with Gasteiger partial charge < -0.3 is 0 Å². The summed E-state index contributed by atoms with van der Waals surface area (Å²) >= 11 is 7.45. The predicted octanol–water partition coefficient (Wildman–Crippen LogP) is 3.71. The molecule has 0 spiro atoms. The van der Waals surface area contributed by atoms with E-state index in [1.54, 1.807) is 32.2 Å². The number of thiophene rings is 1. The van der Waals surface area contributed by atoms with E-state index in [0.29, 0.717) is 16.2 Å². The summed E-state index contributed by atoms with van der Waals surface area (Å²) in [5.41, 5.74) is 0.746. The molecule has 2 heterocycles. The molecule has 0 radical (unpaired) electrons. The fraction of sp³-hybridized carbons (Fsp3) is 0.214. The highest BCUT2D eigenvalue weighted by Gasteiger charge is 2.24. The molecule has 0 saturated carbocycles. The van der Waals surface area contributed by atoms with E-state index in [9.17, 15) is 8.42 Å². The molecule has 1 N–H and O–H groups in total. The van der Waals surface area contributed by atoms with Crippen molar-refractivity contribution in [1.29, 1.82) is 0 Å². The number of fused-ring (bicyclic) bond motifs is 1. The summed E-state index contributed by atoms with van der Waals surface area (Å²) < 4.78 is 30.6. The van der Waals surface area contributed by atoms with E-state index in [-0.39, 0.29) is 4.90 Å². The maximum atomic E-state index is 12.8. The molecule has 0 saturated heterocycles. The lowest BCUT2D eigenvalue weighted by Crippen LogP contribution is -2.15. The number of hydrogen-bond donors (Lipinski definition) is 1. The van der Waals surface area contributed by atoms with Crippen LogP contribution in [-0.4, -0.2) is 18.2 Å². The zero-order valence-corrected chi connectivity index (χ0v) is 14.6. The van der Waals surface area contributed by atoms with Gasteiger partial charge in [-0.3, -0.25) is 9.40 Å². The Labute approximate surface area is 137 Å². The van der Waals surface area contributed by atoms with Crippen molar-refractivity contribution in [3.8, 4) is 0 Å². The summed E-state index contributed by atoms with van der Waals surface area (Å²) in [7, 11) is -2.02. The average Bonchev–Trinajstić information content (AvgIpc) is 2.88. The molecule has 3 rings (SSSR count). The lowest BCUT2D eigenvalue weighted by Gasteiger charge is -2.08. The Hall–Kier alpha value is -1.57. The Bertz CT molecular complexity index is 974. The van der Waals surface area contributed by atoms with Crippen LogP contribution < -0.4 is 4.72 Å². The first-order valence-electron chi connectivity index (χ1n) is 6.50. The molecule has 0 amide bonds. The summed E-state index contributed by atoms with van der Waals surface area (Å²) in [6.07, 6.45) is 0. The number of nitrogens with one attached hydrogen (secondary N) is 1. The van der Waals surface area contributed by atoms with Crippen molar-refractivity contribution >= 4 is 48.9 Å². The lowest BCUT2D eigenvalue weighted by atomic mass is 10.2. The number of benzene rings is 1. The Balaban J connectivity index is 2.15. The van der Waals surface area contributed by atoms with Crippen LogP contribution in [0.15, 0.2) is 29.2 Å². The molecule has 0 aliphatic rings. The Morgan fingerprint density at radius 2 is 2.00 bits per heavy atom. The molecule has 2 aromatic heterocycles. The minimum atomic E-state index is -3.71. The number of anilines is 1. The van der Waals surface area contributed by atoms with Crippen LogP contribution in [0.1, 0.15) is 10.6 Å². The van der Waals surface area contributed by atoms with E-state index in [1.807, 2.05) is 13.0 Å². The van der Waals surface area contributed by atoms with E-state index in [2.05, 4.69) is 9.82 Å². The zero-order valence-electron chi connectivity index (χ0n) is 12.2. The van der Waals surface area contributed by atoms with Crippen molar-refractivity contribution in [2.75, 3.05) is 4.72 Å². The Morgan fingerprint density at radius 1 is 1.27 bits per heavy atom. The molecule has 22 heavy (non-hydrogen) atoms. The fourth-order valence-electron chi connectivity index (χ4n) is 2.40. The van der Waals surface area contributed by atoms with Gasteiger partial charge in [0.15, 0.2) is 0 Å². The van der Waals surface area contributed by atoms with Gasteiger partial charge in [-0.1, -0.05) is 11.6 Å². The second-order valence-corrected chi connectivity index (χ2v) is 8.34. The predicted molar refractivity (Wildman–Crippen MR) is 90.3 cm³/mol. The van der Waals surface area contributed by atoms with Crippen LogP contribution in [0.3, 0.4) is 0 Å². The highest BCUT2D eigenvalue weighted by Crippen LogP contribution is 2.36. The first-order valence-corrected chi connectivity index (χ1v) is 9.18. The number of hydrogen-bond acceptors (Lipinski definition) is 4. The van der Waals surface area contributed by atoms with Crippen LogP contribution in [0.4, 0.5) is 5.82 Å². The Kier molecular flexibility index (Phi) is 3.66. The average molecular weight is 356 g/mol. The standard InChI is InChI=1S/C14H14ClN3O2S2/c1-8-6-13(18(3)16-8)17-22(19,20)14-9(2)21-12-5-4-10(15)7-11(12)14/h4-7,17H,1-3H3. The highest BCUT2D eigenvalue weighted by atomic mass is 35.5. The maximum absolute atomic E-state index is 12.8. The Morgan fingerprint density at radius 3 is 2.64 bits per heavy atom. The third-order valence-corrected chi connectivity index (χ3v) is 6.27. The van der Waals surface area contributed by atoms with Gasteiger partial charge in [0.2, 0.25) is 0 Å². The minimum Gasteiger partial charge on any atom is -0.264 e. The molecule has 116 valence electrons. The largest absolute Gasteiger partial charge is 0.264 e. The van der Waals surface area contributed by atoms with Gasteiger partial charge in [-0.25, -0.2) is 8.42 Å². The van der Waals surface area contributed by atoms with Gasteiger partial charge in [-0.05, 0) is 32.0 Å². The monoisotopic (exact) mass is 355 g/mol. The number of aryl methyl sites for hydroxylation is 3. The smallest absolute Gasteiger partial charge is 0.264 e. The number of rotatable bonds is 3. The van der Waals surface area contributed by atoms with Crippen LogP contribution in [0.5, 0.6) is 0 Å². The van der Waals surface area contributed by atoms with Crippen molar-refractivity contribution in [3.05, 3.63) is 39.9 Å². The van der Waals surface area contributed by atoms with E-state index in [0.717, 1.165) is 15.3 Å². The van der Waals surface area contributed by atoms with E-state index in [1.165, 1.54) is 16.0 Å². The topological polar surface area (TPSA) is 64.0 Å². The molecule has 0 aliphatic heterocycles. The van der Waals surface area contributed by atoms with Gasteiger partial charge in [-0.2, -0.15) is 5.10 Å². The number of halogens is 1. The SMILES string of the molecule is Cc1cc(NS(=O)(=O)c2c(C)sc3ccc(Cl)cc23)n(C)n1. The van der Waals surface area contributed by atoms with Crippen LogP contribution in [0.2, 0.25) is 5.02 Å². The zero-order chi connectivity index (χ0) is 16.1. The van der Waals surface area contributed by atoms with Crippen molar-refractivity contribution in [2.45, 2.75) is 18.7 Å². The lowest BCUT2D eigenvalue weighted by molar-refractivity contribution is 0.601. The second-order valence-electron chi connectivity index (χ2n) is 5.03. The first-order chi connectivity index (χ1) is 10.3. The van der Waals surface area contributed by atoms with Gasteiger partial charge >= 0.3 is 0 Å². The van der Waals surface area contributed by atoms with Gasteiger partial charge in [0.05, 0.1) is 5.69 Å². The number of aromatic nitrogens is 2. The van der Waals surface area contributed by atoms with Gasteiger partial charge in [0, 0.05) is 33.1 Å².